The van der Waals surface area contributed by atoms with Crippen LogP contribution < -0.4 is 5.32 Å². The largest absolute Gasteiger partial charge is 0.454 e. The fourth-order valence-electron chi connectivity index (χ4n) is 2.16. The molecule has 0 saturated heterocycles. The zero-order valence-corrected chi connectivity index (χ0v) is 13.7. The van der Waals surface area contributed by atoms with Crippen molar-refractivity contribution in [1.82, 2.24) is 0 Å². The summed E-state index contributed by atoms with van der Waals surface area (Å²) in [7, 11) is 0. The molecule has 0 aliphatic heterocycles. The molecule has 1 atom stereocenters. The maximum Gasteiger partial charge on any atom is 0.340 e. The van der Waals surface area contributed by atoms with Gasteiger partial charge in [0.15, 0.2) is 12.4 Å². The van der Waals surface area contributed by atoms with Crippen LogP contribution in [-0.4, -0.2) is 24.1 Å². The van der Waals surface area contributed by atoms with Crippen molar-refractivity contribution >= 4 is 28.8 Å². The summed E-state index contributed by atoms with van der Waals surface area (Å²) in [6.45, 7) is 0.819. The standard InChI is InChI=1S/C19H17N3O3/c1-13(21)16(11-20)18(23)12-25-19(24)15-9-5-6-10-17(15)22-14-7-3-2-4-8-14/h2-10,16,21-22H,12H2,1H3. The minimum Gasteiger partial charge on any atom is -0.454 e. The topological polar surface area (TPSA) is 103 Å². The van der Waals surface area contributed by atoms with Crippen LogP contribution in [0.1, 0.15) is 17.3 Å². The maximum atomic E-state index is 12.3. The van der Waals surface area contributed by atoms with Crippen molar-refractivity contribution in [2.24, 2.45) is 5.92 Å². The number of hydrogen-bond acceptors (Lipinski definition) is 6. The van der Waals surface area contributed by atoms with Crippen molar-refractivity contribution in [1.29, 1.82) is 10.7 Å². The molecule has 0 bridgehead atoms. The monoisotopic (exact) mass is 335 g/mol. The molecule has 2 aromatic carbocycles. The lowest BCUT2D eigenvalue weighted by Gasteiger charge is -2.12. The second-order valence-corrected chi connectivity index (χ2v) is 5.32. The number of nitriles is 1. The van der Waals surface area contributed by atoms with Crippen LogP contribution in [0.5, 0.6) is 0 Å². The van der Waals surface area contributed by atoms with Gasteiger partial charge in [0.25, 0.3) is 0 Å². The van der Waals surface area contributed by atoms with Crippen LogP contribution in [0.4, 0.5) is 11.4 Å². The van der Waals surface area contributed by atoms with Gasteiger partial charge in [-0.2, -0.15) is 5.26 Å². The van der Waals surface area contributed by atoms with Crippen molar-refractivity contribution in [3.05, 3.63) is 60.2 Å². The van der Waals surface area contributed by atoms with Crippen molar-refractivity contribution in [3.63, 3.8) is 0 Å². The Morgan fingerprint density at radius 1 is 1.16 bits per heavy atom. The van der Waals surface area contributed by atoms with Gasteiger partial charge >= 0.3 is 5.97 Å². The number of para-hydroxylation sites is 2. The molecule has 1 unspecified atom stereocenters. The fourth-order valence-corrected chi connectivity index (χ4v) is 2.16. The van der Waals surface area contributed by atoms with E-state index in [0.29, 0.717) is 5.69 Å². The predicted molar refractivity (Wildman–Crippen MR) is 94.0 cm³/mol. The number of Topliss-reactive ketones (excluding diaryl/α,β-unsaturated/α-hetero) is 1. The van der Waals surface area contributed by atoms with Gasteiger partial charge in [0, 0.05) is 11.4 Å². The molecule has 0 aromatic heterocycles. The van der Waals surface area contributed by atoms with Gasteiger partial charge in [-0.25, -0.2) is 4.79 Å². The van der Waals surface area contributed by atoms with E-state index >= 15 is 0 Å². The summed E-state index contributed by atoms with van der Waals surface area (Å²) in [6, 6.07) is 17.8. The molecular formula is C19H17N3O3. The minimum atomic E-state index is -1.19. The Labute approximate surface area is 145 Å². The SMILES string of the molecule is CC(=N)C(C#N)C(=O)COC(=O)c1ccccc1Nc1ccccc1. The number of rotatable bonds is 7. The van der Waals surface area contributed by atoms with E-state index < -0.39 is 24.3 Å². The van der Waals surface area contributed by atoms with E-state index in [4.69, 9.17) is 15.4 Å². The molecule has 0 saturated carbocycles. The Morgan fingerprint density at radius 3 is 2.44 bits per heavy atom. The first kappa shape index (κ1) is 17.9. The number of anilines is 2. The quantitative estimate of drug-likeness (QED) is 0.596. The molecule has 0 aliphatic rings. The Bertz CT molecular complexity index is 825. The summed E-state index contributed by atoms with van der Waals surface area (Å²) in [5.74, 6) is -2.48. The summed E-state index contributed by atoms with van der Waals surface area (Å²) in [5.41, 5.74) is 1.56. The fraction of sp³-hybridized carbons (Fsp3) is 0.158. The lowest BCUT2D eigenvalue weighted by molar-refractivity contribution is -0.122. The highest BCUT2D eigenvalue weighted by Crippen LogP contribution is 2.21. The summed E-state index contributed by atoms with van der Waals surface area (Å²) in [4.78, 5) is 24.2. The number of hydrogen-bond donors (Lipinski definition) is 2. The Hall–Kier alpha value is -3.46. The van der Waals surface area contributed by atoms with Gasteiger partial charge in [-0.1, -0.05) is 30.3 Å². The van der Waals surface area contributed by atoms with E-state index in [9.17, 15) is 9.59 Å². The zero-order valence-electron chi connectivity index (χ0n) is 13.7. The van der Waals surface area contributed by atoms with Gasteiger partial charge < -0.3 is 15.5 Å². The summed E-state index contributed by atoms with van der Waals surface area (Å²) < 4.78 is 5.02. The van der Waals surface area contributed by atoms with Crippen LogP contribution in [0.3, 0.4) is 0 Å². The molecule has 6 heteroatoms. The van der Waals surface area contributed by atoms with Crippen LogP contribution in [-0.2, 0) is 9.53 Å². The first-order chi connectivity index (χ1) is 12.0. The van der Waals surface area contributed by atoms with Crippen LogP contribution >= 0.6 is 0 Å². The second kappa shape index (κ2) is 8.41. The van der Waals surface area contributed by atoms with E-state index in [1.54, 1.807) is 30.3 Å². The number of esters is 1. The number of carbonyl (C=O) groups is 2. The van der Waals surface area contributed by atoms with Gasteiger partial charge in [-0.05, 0) is 31.2 Å². The summed E-state index contributed by atoms with van der Waals surface area (Å²) in [6.07, 6.45) is 0. The smallest absolute Gasteiger partial charge is 0.340 e. The maximum absolute atomic E-state index is 12.3. The lowest BCUT2D eigenvalue weighted by Crippen LogP contribution is -2.25. The highest BCUT2D eigenvalue weighted by Gasteiger charge is 2.22. The normalized spacial score (nSPS) is 11.0. The van der Waals surface area contributed by atoms with E-state index in [1.807, 2.05) is 30.3 Å². The molecule has 0 heterocycles. The molecule has 2 N–H and O–H groups in total. The van der Waals surface area contributed by atoms with Gasteiger partial charge in [0.05, 0.1) is 17.3 Å². The first-order valence-corrected chi connectivity index (χ1v) is 7.58. The van der Waals surface area contributed by atoms with Crippen LogP contribution in [0.15, 0.2) is 54.6 Å². The van der Waals surface area contributed by atoms with Crippen molar-refractivity contribution in [2.45, 2.75) is 6.92 Å². The molecule has 0 amide bonds. The van der Waals surface area contributed by atoms with Crippen LogP contribution in [0.25, 0.3) is 0 Å². The van der Waals surface area contributed by atoms with Gasteiger partial charge in [0.2, 0.25) is 0 Å². The van der Waals surface area contributed by atoms with Gasteiger partial charge in [-0.3, -0.25) is 4.79 Å². The zero-order chi connectivity index (χ0) is 18.2. The van der Waals surface area contributed by atoms with Gasteiger partial charge in [-0.15, -0.1) is 0 Å². The number of nitrogens with zero attached hydrogens (tertiary/aromatic N) is 1. The summed E-state index contributed by atoms with van der Waals surface area (Å²) >= 11 is 0. The third kappa shape index (κ3) is 4.75. The minimum absolute atomic E-state index is 0.0744. The number of ether oxygens (including phenoxy) is 1. The molecule has 126 valence electrons. The van der Waals surface area contributed by atoms with Crippen molar-refractivity contribution < 1.29 is 14.3 Å². The molecule has 0 radical (unpaired) electrons. The Kier molecular flexibility index (Phi) is 6.02. The van der Waals surface area contributed by atoms with Crippen molar-refractivity contribution in [2.75, 3.05) is 11.9 Å². The average Bonchev–Trinajstić information content (AvgIpc) is 2.61. The van der Waals surface area contributed by atoms with E-state index in [-0.39, 0.29) is 11.3 Å². The molecule has 0 aliphatic carbocycles. The number of nitrogens with one attached hydrogen (secondary N) is 2. The highest BCUT2D eigenvalue weighted by molar-refractivity contribution is 6.06. The van der Waals surface area contributed by atoms with Crippen LogP contribution in [0.2, 0.25) is 0 Å². The number of benzene rings is 2. The molecular weight excluding hydrogens is 318 g/mol. The number of carbonyl (C=O) groups excluding carboxylic acids is 2. The molecule has 6 nitrogen and oxygen atoms in total. The molecule has 2 rings (SSSR count). The average molecular weight is 335 g/mol. The van der Waals surface area contributed by atoms with E-state index in [1.165, 1.54) is 6.92 Å². The number of ketones is 1. The third-order valence-electron chi connectivity index (χ3n) is 3.43. The second-order valence-electron chi connectivity index (χ2n) is 5.32. The van der Waals surface area contributed by atoms with Crippen molar-refractivity contribution in [3.8, 4) is 6.07 Å². The molecule has 0 spiro atoms. The Balaban J connectivity index is 2.09. The van der Waals surface area contributed by atoms with E-state index in [0.717, 1.165) is 5.69 Å². The van der Waals surface area contributed by atoms with Gasteiger partial charge in [0.1, 0.15) is 5.92 Å². The van der Waals surface area contributed by atoms with E-state index in [2.05, 4.69) is 5.32 Å². The molecule has 2 aromatic rings. The first-order valence-electron chi connectivity index (χ1n) is 7.58. The third-order valence-corrected chi connectivity index (χ3v) is 3.43. The summed E-state index contributed by atoms with van der Waals surface area (Å²) in [5, 5.41) is 19.4. The molecule has 25 heavy (non-hydrogen) atoms. The highest BCUT2D eigenvalue weighted by atomic mass is 16.5. The predicted octanol–water partition coefficient (Wildman–Crippen LogP) is 3.34. The molecule has 0 fully saturated rings. The Morgan fingerprint density at radius 2 is 1.80 bits per heavy atom. The van der Waals surface area contributed by atoms with Crippen LogP contribution in [0, 0.1) is 22.7 Å². The lowest BCUT2D eigenvalue weighted by atomic mass is 10.0.